The number of hydrogen-bond acceptors (Lipinski definition) is 14. The van der Waals surface area contributed by atoms with Gasteiger partial charge in [-0.05, 0) is 74.3 Å². The zero-order valence-electron chi connectivity index (χ0n) is 30.4. The lowest BCUT2D eigenvalue weighted by Gasteiger charge is -2.62. The first-order chi connectivity index (χ1) is 25.0. The Morgan fingerprint density at radius 2 is 1.70 bits per heavy atom. The number of aliphatic hydroxyl groups excluding tert-OH is 1. The summed E-state index contributed by atoms with van der Waals surface area (Å²) in [4.78, 5) is 59.7. The van der Waals surface area contributed by atoms with Crippen LogP contribution < -0.4 is 0 Å². The van der Waals surface area contributed by atoms with E-state index in [-0.39, 0.29) is 37.4 Å². The Labute approximate surface area is 307 Å². The van der Waals surface area contributed by atoms with E-state index in [0.717, 1.165) is 0 Å². The van der Waals surface area contributed by atoms with E-state index in [4.69, 9.17) is 19.9 Å². The van der Waals surface area contributed by atoms with Gasteiger partial charge in [0.05, 0.1) is 30.2 Å². The van der Waals surface area contributed by atoms with Crippen LogP contribution in [0.5, 0.6) is 0 Å². The maximum absolute atomic E-state index is 17.4. The van der Waals surface area contributed by atoms with Crippen LogP contribution in [0.25, 0.3) is 0 Å². The summed E-state index contributed by atoms with van der Waals surface area (Å²) in [5.74, 6) is -3.59. The number of piperazine rings is 1. The highest BCUT2D eigenvalue weighted by molar-refractivity contribution is 6.01. The molecule has 1 aromatic carbocycles. The standard InChI is InChI=1S/C38H50FN3O11/c1-24-18-30-29-9-8-27-19-28(43)10-11-35(27,2)37(29,39)31(44)20-36(30,3)38(24,48)32(45)23-52-33(46)21-41-14-12-40(13-15-41)16-17-51-34(47)26-6-4-25(5-7-26)22-53-42(49)50/h4-7,10-11,19,24,29-31,44,48-50H,8-9,12-18,20-23H2,1-3H3/t24-,29?,30?,31+,35+,36+,37+,38+/m1/s1. The summed E-state index contributed by atoms with van der Waals surface area (Å²) < 4.78 is 28.2. The molecule has 6 rings (SSSR count). The number of Topliss-reactive ketones (excluding diaryl/α,β-unsaturated/α-hetero) is 1. The molecule has 0 radical (unpaired) electrons. The summed E-state index contributed by atoms with van der Waals surface area (Å²) >= 11 is 0. The Morgan fingerprint density at radius 1 is 1.02 bits per heavy atom. The second-order valence-corrected chi connectivity index (χ2v) is 15.7. The van der Waals surface area contributed by atoms with Gasteiger partial charge >= 0.3 is 11.9 Å². The van der Waals surface area contributed by atoms with Crippen molar-refractivity contribution in [3.05, 3.63) is 59.2 Å². The van der Waals surface area contributed by atoms with Crippen molar-refractivity contribution >= 4 is 23.5 Å². The Kier molecular flexibility index (Phi) is 11.1. The zero-order valence-corrected chi connectivity index (χ0v) is 30.4. The second kappa shape index (κ2) is 15.0. The number of aliphatic hydroxyl groups is 2. The predicted octanol–water partition coefficient (Wildman–Crippen LogP) is 2.43. The largest absolute Gasteiger partial charge is 0.461 e. The molecule has 15 heteroatoms. The molecule has 14 nitrogen and oxygen atoms in total. The number of halogens is 1. The van der Waals surface area contributed by atoms with Crippen LogP contribution in [-0.4, -0.2) is 129 Å². The van der Waals surface area contributed by atoms with Crippen LogP contribution in [0.1, 0.15) is 62.4 Å². The molecule has 1 saturated heterocycles. The quantitative estimate of drug-likeness (QED) is 0.181. The van der Waals surface area contributed by atoms with Gasteiger partial charge in [0.1, 0.15) is 12.2 Å². The molecule has 1 heterocycles. The molecule has 1 aromatic rings. The molecule has 0 bridgehead atoms. The third-order valence-electron chi connectivity index (χ3n) is 13.0. The van der Waals surface area contributed by atoms with Gasteiger partial charge in [0.15, 0.2) is 18.1 Å². The minimum absolute atomic E-state index is 0.0464. The van der Waals surface area contributed by atoms with Gasteiger partial charge in [-0.1, -0.05) is 37.6 Å². The third kappa shape index (κ3) is 7.02. The minimum atomic E-state index is -2.08. The van der Waals surface area contributed by atoms with E-state index in [2.05, 4.69) is 9.74 Å². The van der Waals surface area contributed by atoms with Gasteiger partial charge in [-0.2, -0.15) is 0 Å². The summed E-state index contributed by atoms with van der Waals surface area (Å²) in [6.07, 6.45) is 3.99. The molecule has 3 saturated carbocycles. The first kappa shape index (κ1) is 39.3. The van der Waals surface area contributed by atoms with Crippen molar-refractivity contribution < 1.29 is 58.5 Å². The van der Waals surface area contributed by atoms with Gasteiger partial charge < -0.3 is 19.7 Å². The summed E-state index contributed by atoms with van der Waals surface area (Å²) in [5, 5.41) is 40.6. The number of benzene rings is 1. The minimum Gasteiger partial charge on any atom is -0.461 e. The summed E-state index contributed by atoms with van der Waals surface area (Å²) in [5.41, 5.74) is -4.73. The lowest BCUT2D eigenvalue weighted by Crippen LogP contribution is -2.69. The Balaban J connectivity index is 0.963. The monoisotopic (exact) mass is 743 g/mol. The number of carbonyl (C=O) groups is 4. The van der Waals surface area contributed by atoms with Crippen LogP contribution in [0.15, 0.2) is 48.1 Å². The van der Waals surface area contributed by atoms with Crippen molar-refractivity contribution in [2.45, 2.75) is 70.4 Å². The average Bonchev–Trinajstić information content (AvgIpc) is 3.32. The van der Waals surface area contributed by atoms with Crippen molar-refractivity contribution in [1.29, 1.82) is 0 Å². The Bertz CT molecular complexity index is 1650. The fourth-order valence-electron chi connectivity index (χ4n) is 10.0. The summed E-state index contributed by atoms with van der Waals surface area (Å²) in [6.45, 7) is 7.44. The van der Waals surface area contributed by atoms with Gasteiger partial charge in [0.25, 0.3) is 0 Å². The molecule has 4 N–H and O–H groups in total. The molecule has 8 atom stereocenters. The van der Waals surface area contributed by atoms with Crippen molar-refractivity contribution in [3.63, 3.8) is 0 Å². The van der Waals surface area contributed by atoms with Crippen LogP contribution in [0, 0.1) is 28.6 Å². The molecule has 53 heavy (non-hydrogen) atoms. The first-order valence-electron chi connectivity index (χ1n) is 18.3. The van der Waals surface area contributed by atoms with E-state index < -0.39 is 70.3 Å². The molecule has 4 aliphatic carbocycles. The molecule has 0 amide bonds. The fourth-order valence-corrected chi connectivity index (χ4v) is 10.0. The molecular weight excluding hydrogens is 693 g/mol. The van der Waals surface area contributed by atoms with Crippen molar-refractivity contribution in [3.8, 4) is 0 Å². The van der Waals surface area contributed by atoms with Crippen molar-refractivity contribution in [1.82, 2.24) is 15.2 Å². The molecule has 0 spiro atoms. The molecular formula is C38H50FN3O11. The molecule has 1 aliphatic heterocycles. The molecule has 4 fully saturated rings. The number of alkyl halides is 1. The third-order valence-corrected chi connectivity index (χ3v) is 13.0. The number of esters is 2. The number of ketones is 2. The molecule has 290 valence electrons. The number of carbonyl (C=O) groups excluding carboxylic acids is 4. The summed E-state index contributed by atoms with van der Waals surface area (Å²) in [6, 6.07) is 6.32. The maximum Gasteiger partial charge on any atom is 0.338 e. The Morgan fingerprint density at radius 3 is 2.38 bits per heavy atom. The SMILES string of the molecule is C[C@@H]1CC2C3CCC4=CC(=O)C=C[C@]4(C)[C@@]3(F)[C@@H](O)C[C@]2(C)[C@@]1(O)C(=O)COC(=O)CN1CCN(CCOC(=O)c2ccc(CON(O)O)cc2)CC1. The first-order valence-corrected chi connectivity index (χ1v) is 18.3. The van der Waals surface area contributed by atoms with Crippen molar-refractivity contribution in [2.24, 2.45) is 28.6 Å². The number of allylic oxidation sites excluding steroid dienone is 4. The van der Waals surface area contributed by atoms with Crippen LogP contribution in [-0.2, 0) is 35.3 Å². The van der Waals surface area contributed by atoms with E-state index in [0.29, 0.717) is 68.7 Å². The number of rotatable bonds is 12. The lowest BCUT2D eigenvalue weighted by molar-refractivity contribution is -0.497. The van der Waals surface area contributed by atoms with Crippen LogP contribution in [0.4, 0.5) is 4.39 Å². The van der Waals surface area contributed by atoms with E-state index >= 15 is 4.39 Å². The van der Waals surface area contributed by atoms with E-state index in [1.165, 1.54) is 12.2 Å². The number of fused-ring (bicyclic) bond motifs is 5. The molecule has 5 aliphatic rings. The smallest absolute Gasteiger partial charge is 0.338 e. The average molecular weight is 744 g/mol. The highest BCUT2D eigenvalue weighted by atomic mass is 19.1. The molecule has 2 unspecified atom stereocenters. The lowest BCUT2D eigenvalue weighted by atomic mass is 9.44. The van der Waals surface area contributed by atoms with Crippen LogP contribution in [0.3, 0.4) is 0 Å². The Hall–Kier alpha value is -3.41. The normalized spacial score (nSPS) is 35.6. The summed E-state index contributed by atoms with van der Waals surface area (Å²) in [7, 11) is 0. The number of hydrogen-bond donors (Lipinski definition) is 4. The van der Waals surface area contributed by atoms with E-state index in [9.17, 15) is 29.4 Å². The van der Waals surface area contributed by atoms with Crippen LogP contribution in [0.2, 0.25) is 0 Å². The van der Waals surface area contributed by atoms with Gasteiger partial charge in [0.2, 0.25) is 5.78 Å². The van der Waals surface area contributed by atoms with Gasteiger partial charge in [0, 0.05) is 49.5 Å². The molecule has 0 aromatic heterocycles. The van der Waals surface area contributed by atoms with Crippen LogP contribution >= 0.6 is 0 Å². The van der Waals surface area contributed by atoms with E-state index in [1.54, 1.807) is 51.1 Å². The van der Waals surface area contributed by atoms with Gasteiger partial charge in [-0.15, -0.1) is 0 Å². The van der Waals surface area contributed by atoms with E-state index in [1.807, 2.05) is 4.90 Å². The highest BCUT2D eigenvalue weighted by Crippen LogP contribution is 2.70. The number of nitrogens with zero attached hydrogens (tertiary/aromatic N) is 3. The van der Waals surface area contributed by atoms with Crippen molar-refractivity contribution in [2.75, 3.05) is 52.5 Å². The van der Waals surface area contributed by atoms with Gasteiger partial charge in [-0.25, -0.2) is 14.0 Å². The second-order valence-electron chi connectivity index (χ2n) is 15.7. The maximum atomic E-state index is 17.4. The van der Waals surface area contributed by atoms with Gasteiger partial charge in [-0.3, -0.25) is 34.6 Å². The fraction of sp³-hybridized carbons (Fsp3) is 0.632. The topological polar surface area (TPSA) is 187 Å². The zero-order chi connectivity index (χ0) is 38.3. The number of ether oxygens (including phenoxy) is 2. The predicted molar refractivity (Wildman–Crippen MR) is 184 cm³/mol. The highest BCUT2D eigenvalue weighted by Gasteiger charge is 2.75.